The SMILES string of the molecule is CCc1cc2c(NC(C)CC(F)(F)F)nc(N)nc2s1. The predicted octanol–water partition coefficient (Wildman–Crippen LogP) is 3.59. The van der Waals surface area contributed by atoms with Crippen molar-refractivity contribution in [3.05, 3.63) is 10.9 Å². The fraction of sp³-hybridized carbons (Fsp3) is 0.500. The van der Waals surface area contributed by atoms with Crippen molar-refractivity contribution in [2.24, 2.45) is 0 Å². The standard InChI is InChI=1S/C12H15F3N4S/c1-3-7-4-8-9(17-6(2)5-12(13,14)15)18-11(16)19-10(8)20-7/h4,6H,3,5H2,1-2H3,(H3,16,17,18,19). The summed E-state index contributed by atoms with van der Waals surface area (Å²) >= 11 is 1.47. The van der Waals surface area contributed by atoms with Gasteiger partial charge in [0.15, 0.2) is 0 Å². The Morgan fingerprint density at radius 2 is 2.10 bits per heavy atom. The van der Waals surface area contributed by atoms with Crippen LogP contribution in [0.1, 0.15) is 25.1 Å². The van der Waals surface area contributed by atoms with Crippen LogP contribution in [0.25, 0.3) is 10.2 Å². The van der Waals surface area contributed by atoms with Gasteiger partial charge in [0.2, 0.25) is 5.95 Å². The number of thiophene rings is 1. The molecule has 0 fully saturated rings. The van der Waals surface area contributed by atoms with Crippen molar-refractivity contribution in [3.8, 4) is 0 Å². The molecule has 8 heteroatoms. The van der Waals surface area contributed by atoms with Crippen LogP contribution in [0, 0.1) is 0 Å². The van der Waals surface area contributed by atoms with Crippen molar-refractivity contribution in [2.75, 3.05) is 11.1 Å². The Balaban J connectivity index is 2.31. The molecule has 110 valence electrons. The molecule has 0 amide bonds. The summed E-state index contributed by atoms with van der Waals surface area (Å²) < 4.78 is 37.1. The van der Waals surface area contributed by atoms with E-state index in [-0.39, 0.29) is 5.95 Å². The van der Waals surface area contributed by atoms with Gasteiger partial charge in [-0.05, 0) is 19.4 Å². The summed E-state index contributed by atoms with van der Waals surface area (Å²) in [5.41, 5.74) is 5.60. The predicted molar refractivity (Wildman–Crippen MR) is 75.0 cm³/mol. The second kappa shape index (κ2) is 5.43. The molecule has 0 spiro atoms. The number of aryl methyl sites for hydroxylation is 1. The molecule has 0 bridgehead atoms. The zero-order chi connectivity index (χ0) is 14.9. The second-order valence-electron chi connectivity index (χ2n) is 4.58. The van der Waals surface area contributed by atoms with Crippen LogP contribution in [0.4, 0.5) is 24.9 Å². The lowest BCUT2D eigenvalue weighted by Crippen LogP contribution is -2.24. The van der Waals surface area contributed by atoms with E-state index in [2.05, 4.69) is 15.3 Å². The number of rotatable bonds is 4. The van der Waals surface area contributed by atoms with Crippen molar-refractivity contribution >= 4 is 33.3 Å². The van der Waals surface area contributed by atoms with Gasteiger partial charge in [0.1, 0.15) is 10.6 Å². The third kappa shape index (κ3) is 3.50. The zero-order valence-electron chi connectivity index (χ0n) is 11.1. The Hall–Kier alpha value is -1.57. The summed E-state index contributed by atoms with van der Waals surface area (Å²) in [7, 11) is 0. The smallest absolute Gasteiger partial charge is 0.368 e. The van der Waals surface area contributed by atoms with E-state index in [0.29, 0.717) is 10.6 Å². The summed E-state index contributed by atoms with van der Waals surface area (Å²) in [5.74, 6) is 0.420. The number of alkyl halides is 3. The van der Waals surface area contributed by atoms with E-state index < -0.39 is 18.6 Å². The van der Waals surface area contributed by atoms with E-state index in [1.165, 1.54) is 18.3 Å². The normalized spacial score (nSPS) is 13.7. The van der Waals surface area contributed by atoms with Crippen molar-refractivity contribution in [2.45, 2.75) is 38.9 Å². The minimum Gasteiger partial charge on any atom is -0.368 e. The van der Waals surface area contributed by atoms with Crippen LogP contribution in [0.5, 0.6) is 0 Å². The molecule has 0 aliphatic heterocycles. The molecular weight excluding hydrogens is 289 g/mol. The van der Waals surface area contributed by atoms with Gasteiger partial charge in [-0.3, -0.25) is 0 Å². The third-order valence-electron chi connectivity index (χ3n) is 2.73. The molecule has 2 aromatic rings. The molecular formula is C12H15F3N4S. The van der Waals surface area contributed by atoms with Gasteiger partial charge in [-0.15, -0.1) is 11.3 Å². The Kier molecular flexibility index (Phi) is 4.03. The number of fused-ring (bicyclic) bond motifs is 1. The molecule has 0 aromatic carbocycles. The molecule has 0 aliphatic carbocycles. The van der Waals surface area contributed by atoms with E-state index in [9.17, 15) is 13.2 Å². The van der Waals surface area contributed by atoms with Crippen molar-refractivity contribution in [1.82, 2.24) is 9.97 Å². The molecule has 1 unspecified atom stereocenters. The summed E-state index contributed by atoms with van der Waals surface area (Å²) in [5, 5.41) is 3.49. The third-order valence-corrected chi connectivity index (χ3v) is 3.90. The molecule has 0 saturated carbocycles. The van der Waals surface area contributed by atoms with E-state index in [4.69, 9.17) is 5.73 Å². The number of nitrogens with one attached hydrogen (secondary N) is 1. The number of hydrogen-bond donors (Lipinski definition) is 2. The van der Waals surface area contributed by atoms with Gasteiger partial charge >= 0.3 is 6.18 Å². The van der Waals surface area contributed by atoms with E-state index in [0.717, 1.165) is 16.7 Å². The van der Waals surface area contributed by atoms with Crippen LogP contribution in [0.2, 0.25) is 0 Å². The lowest BCUT2D eigenvalue weighted by Gasteiger charge is -2.16. The number of nitrogen functional groups attached to an aromatic ring is 1. The van der Waals surface area contributed by atoms with Gasteiger partial charge in [-0.2, -0.15) is 18.2 Å². The maximum atomic E-state index is 12.4. The van der Waals surface area contributed by atoms with E-state index in [1.807, 2.05) is 13.0 Å². The molecule has 0 aliphatic rings. The van der Waals surface area contributed by atoms with Crippen LogP contribution in [-0.4, -0.2) is 22.2 Å². The van der Waals surface area contributed by atoms with Crippen molar-refractivity contribution < 1.29 is 13.2 Å². The molecule has 2 aromatic heterocycles. The maximum Gasteiger partial charge on any atom is 0.391 e. The van der Waals surface area contributed by atoms with Crippen LogP contribution in [0.3, 0.4) is 0 Å². The van der Waals surface area contributed by atoms with E-state index in [1.54, 1.807) is 0 Å². The van der Waals surface area contributed by atoms with Gasteiger partial charge in [-0.25, -0.2) is 4.98 Å². The Morgan fingerprint density at radius 1 is 1.40 bits per heavy atom. The first-order chi connectivity index (χ1) is 9.28. The van der Waals surface area contributed by atoms with Crippen LogP contribution >= 0.6 is 11.3 Å². The number of halogens is 3. The number of nitrogens with zero attached hydrogens (tertiary/aromatic N) is 2. The minimum atomic E-state index is -4.21. The molecule has 20 heavy (non-hydrogen) atoms. The summed E-state index contributed by atoms with van der Waals surface area (Å²) in [6.07, 6.45) is -4.31. The summed E-state index contributed by atoms with van der Waals surface area (Å²) in [6.45, 7) is 3.46. The first kappa shape index (κ1) is 14.8. The average molecular weight is 304 g/mol. The molecule has 2 rings (SSSR count). The summed E-state index contributed by atoms with van der Waals surface area (Å²) in [4.78, 5) is 9.90. The highest BCUT2D eigenvalue weighted by Gasteiger charge is 2.30. The topological polar surface area (TPSA) is 63.8 Å². The first-order valence-electron chi connectivity index (χ1n) is 6.17. The Morgan fingerprint density at radius 3 is 2.70 bits per heavy atom. The van der Waals surface area contributed by atoms with Gasteiger partial charge in [-0.1, -0.05) is 6.92 Å². The van der Waals surface area contributed by atoms with Gasteiger partial charge in [0.25, 0.3) is 0 Å². The van der Waals surface area contributed by atoms with Crippen molar-refractivity contribution in [3.63, 3.8) is 0 Å². The highest BCUT2D eigenvalue weighted by molar-refractivity contribution is 7.18. The number of anilines is 2. The largest absolute Gasteiger partial charge is 0.391 e. The highest BCUT2D eigenvalue weighted by atomic mass is 32.1. The maximum absolute atomic E-state index is 12.4. The molecule has 0 saturated heterocycles. The lowest BCUT2D eigenvalue weighted by atomic mass is 10.2. The quantitative estimate of drug-likeness (QED) is 0.906. The lowest BCUT2D eigenvalue weighted by molar-refractivity contribution is -0.136. The van der Waals surface area contributed by atoms with Crippen LogP contribution in [0.15, 0.2) is 6.07 Å². The Labute approximate surface area is 118 Å². The fourth-order valence-electron chi connectivity index (χ4n) is 1.90. The number of nitrogens with two attached hydrogens (primary N) is 1. The zero-order valence-corrected chi connectivity index (χ0v) is 11.9. The number of aromatic nitrogens is 2. The second-order valence-corrected chi connectivity index (χ2v) is 5.70. The number of hydrogen-bond acceptors (Lipinski definition) is 5. The molecule has 3 N–H and O–H groups in total. The fourth-order valence-corrected chi connectivity index (χ4v) is 2.88. The van der Waals surface area contributed by atoms with Crippen LogP contribution < -0.4 is 11.1 Å². The summed E-state index contributed by atoms with van der Waals surface area (Å²) in [6, 6.07) is 1.11. The van der Waals surface area contributed by atoms with Gasteiger partial charge in [0, 0.05) is 10.9 Å². The van der Waals surface area contributed by atoms with Crippen molar-refractivity contribution in [1.29, 1.82) is 0 Å². The molecule has 2 heterocycles. The molecule has 0 radical (unpaired) electrons. The highest BCUT2D eigenvalue weighted by Crippen LogP contribution is 2.31. The van der Waals surface area contributed by atoms with Gasteiger partial charge < -0.3 is 11.1 Å². The molecule has 1 atom stereocenters. The van der Waals surface area contributed by atoms with Gasteiger partial charge in [0.05, 0.1) is 11.8 Å². The first-order valence-corrected chi connectivity index (χ1v) is 6.99. The molecule has 4 nitrogen and oxygen atoms in total. The monoisotopic (exact) mass is 304 g/mol. The van der Waals surface area contributed by atoms with E-state index >= 15 is 0 Å². The average Bonchev–Trinajstić information content (AvgIpc) is 2.69. The Bertz CT molecular complexity index is 609. The minimum absolute atomic E-state index is 0.0590. The van der Waals surface area contributed by atoms with Crippen LogP contribution in [-0.2, 0) is 6.42 Å².